The molecule has 1 aliphatic carbocycles. The lowest BCUT2D eigenvalue weighted by Gasteiger charge is -2.44. The minimum atomic E-state index is -3.24. The molecule has 0 bridgehead atoms. The monoisotopic (exact) mass is 397 g/mol. The Morgan fingerprint density at radius 3 is 2.93 bits per heavy atom. The molecular formula is C17H27N5O4S. The van der Waals surface area contributed by atoms with Crippen LogP contribution in [0.4, 0.5) is 0 Å². The van der Waals surface area contributed by atoms with Gasteiger partial charge >= 0.3 is 0 Å². The zero-order chi connectivity index (χ0) is 19.1. The first-order chi connectivity index (χ1) is 12.9. The van der Waals surface area contributed by atoms with E-state index in [2.05, 4.69) is 15.6 Å². The Hall–Kier alpha value is -1.52. The van der Waals surface area contributed by atoms with Gasteiger partial charge in [-0.05, 0) is 32.1 Å². The Kier molecular flexibility index (Phi) is 4.98. The fourth-order valence-electron chi connectivity index (χ4n) is 3.92. The highest BCUT2D eigenvalue weighted by Crippen LogP contribution is 2.33. The van der Waals surface area contributed by atoms with Crippen molar-refractivity contribution in [2.75, 3.05) is 18.8 Å². The summed E-state index contributed by atoms with van der Waals surface area (Å²) in [6, 6.07) is 0. The van der Waals surface area contributed by atoms with Crippen molar-refractivity contribution in [3.63, 3.8) is 0 Å². The molecule has 1 spiro atoms. The Labute approximate surface area is 159 Å². The Morgan fingerprint density at radius 2 is 2.19 bits per heavy atom. The van der Waals surface area contributed by atoms with Gasteiger partial charge in [-0.15, -0.1) is 5.10 Å². The van der Waals surface area contributed by atoms with Crippen LogP contribution in [0.15, 0.2) is 0 Å². The second-order valence-corrected chi connectivity index (χ2v) is 9.95. The van der Waals surface area contributed by atoms with Gasteiger partial charge in [-0.1, -0.05) is 12.1 Å². The molecule has 1 aromatic rings. The molecule has 1 N–H and O–H groups in total. The highest BCUT2D eigenvalue weighted by Gasteiger charge is 2.44. The number of nitrogens with zero attached hydrogens (tertiary/aromatic N) is 4. The van der Waals surface area contributed by atoms with Crippen molar-refractivity contribution < 1.29 is 17.9 Å². The van der Waals surface area contributed by atoms with E-state index in [1.54, 1.807) is 4.31 Å². The van der Waals surface area contributed by atoms with Crippen LogP contribution in [0.1, 0.15) is 50.4 Å². The molecule has 1 unspecified atom stereocenters. The van der Waals surface area contributed by atoms with E-state index in [-0.39, 0.29) is 17.6 Å². The maximum Gasteiger partial charge on any atom is 0.223 e. The lowest BCUT2D eigenvalue weighted by molar-refractivity contribution is -0.122. The van der Waals surface area contributed by atoms with Crippen LogP contribution in [0.5, 0.6) is 0 Å². The van der Waals surface area contributed by atoms with E-state index >= 15 is 0 Å². The van der Waals surface area contributed by atoms with E-state index < -0.39 is 15.6 Å². The van der Waals surface area contributed by atoms with Crippen LogP contribution in [0.25, 0.3) is 0 Å². The van der Waals surface area contributed by atoms with Crippen LogP contribution in [-0.2, 0) is 39.3 Å². The molecule has 10 heteroatoms. The number of fused-ring (bicyclic) bond motifs is 1. The molecule has 1 aromatic heterocycles. The van der Waals surface area contributed by atoms with Gasteiger partial charge in [0.2, 0.25) is 15.9 Å². The fraction of sp³-hybridized carbons (Fsp3) is 0.824. The van der Waals surface area contributed by atoms with Crippen LogP contribution in [0.3, 0.4) is 0 Å². The number of amides is 1. The number of aromatic nitrogens is 3. The van der Waals surface area contributed by atoms with E-state index in [9.17, 15) is 13.2 Å². The maximum atomic E-state index is 12.5. The zero-order valence-electron chi connectivity index (χ0n) is 15.7. The summed E-state index contributed by atoms with van der Waals surface area (Å²) < 4.78 is 34.5. The number of rotatable bonds is 6. The van der Waals surface area contributed by atoms with Crippen molar-refractivity contribution in [1.82, 2.24) is 24.6 Å². The molecule has 9 nitrogen and oxygen atoms in total. The van der Waals surface area contributed by atoms with E-state index in [0.717, 1.165) is 37.1 Å². The highest BCUT2D eigenvalue weighted by molar-refractivity contribution is 7.89. The average molecular weight is 398 g/mol. The second-order valence-electron chi connectivity index (χ2n) is 7.86. The van der Waals surface area contributed by atoms with Gasteiger partial charge in [0.15, 0.2) is 0 Å². The molecule has 2 aliphatic heterocycles. The van der Waals surface area contributed by atoms with Crippen LogP contribution >= 0.6 is 0 Å². The summed E-state index contributed by atoms with van der Waals surface area (Å²) in [4.78, 5) is 11.8. The van der Waals surface area contributed by atoms with Crippen LogP contribution in [-0.4, -0.2) is 58.1 Å². The second kappa shape index (κ2) is 7.14. The fourth-order valence-corrected chi connectivity index (χ4v) is 5.53. The van der Waals surface area contributed by atoms with E-state index in [1.165, 1.54) is 0 Å². The Bertz CT molecular complexity index is 819. The van der Waals surface area contributed by atoms with Crippen molar-refractivity contribution in [2.24, 2.45) is 5.92 Å². The largest absolute Gasteiger partial charge is 0.365 e. The predicted molar refractivity (Wildman–Crippen MR) is 97.0 cm³/mol. The Morgan fingerprint density at radius 1 is 1.37 bits per heavy atom. The quantitative estimate of drug-likeness (QED) is 0.745. The summed E-state index contributed by atoms with van der Waals surface area (Å²) in [5, 5.41) is 11.4. The molecule has 1 amide bonds. The standard InChI is InChI=1S/C17H27N5O4S/c1-2-8-27(24,25)21-7-3-6-17(11-21)12-22-15(10-26-17)14(19-20-22)9-18-16(23)13-4-5-13/h13H,2-12H2,1H3,(H,18,23). The van der Waals surface area contributed by atoms with Crippen molar-refractivity contribution in [2.45, 2.75) is 64.3 Å². The van der Waals surface area contributed by atoms with Crippen LogP contribution in [0.2, 0.25) is 0 Å². The van der Waals surface area contributed by atoms with Gasteiger partial charge in [-0.25, -0.2) is 13.1 Å². The molecule has 4 rings (SSSR count). The summed E-state index contributed by atoms with van der Waals surface area (Å²) in [5.74, 6) is 0.408. The smallest absolute Gasteiger partial charge is 0.223 e. The first-order valence-electron chi connectivity index (χ1n) is 9.73. The molecule has 150 valence electrons. The van der Waals surface area contributed by atoms with Crippen LogP contribution in [0, 0.1) is 5.92 Å². The van der Waals surface area contributed by atoms with Crippen molar-refractivity contribution >= 4 is 15.9 Å². The molecule has 0 aromatic carbocycles. The molecule has 0 radical (unpaired) electrons. The summed E-state index contributed by atoms with van der Waals surface area (Å²) >= 11 is 0. The van der Waals surface area contributed by atoms with Gasteiger partial charge in [-0.3, -0.25) is 4.79 Å². The van der Waals surface area contributed by atoms with Crippen molar-refractivity contribution in [3.8, 4) is 0 Å². The highest BCUT2D eigenvalue weighted by atomic mass is 32.2. The number of nitrogens with one attached hydrogen (secondary N) is 1. The Balaban J connectivity index is 1.44. The number of carbonyl (C=O) groups is 1. The minimum Gasteiger partial charge on any atom is -0.365 e. The average Bonchev–Trinajstić information content (AvgIpc) is 3.41. The van der Waals surface area contributed by atoms with Crippen molar-refractivity contribution in [3.05, 3.63) is 11.4 Å². The van der Waals surface area contributed by atoms with E-state index in [0.29, 0.717) is 39.2 Å². The summed E-state index contributed by atoms with van der Waals surface area (Å²) in [5.41, 5.74) is 1.05. The van der Waals surface area contributed by atoms with Gasteiger partial charge in [-0.2, -0.15) is 4.31 Å². The normalized spacial score (nSPS) is 26.1. The first-order valence-corrected chi connectivity index (χ1v) is 11.3. The summed E-state index contributed by atoms with van der Waals surface area (Å²) in [6.07, 6.45) is 4.12. The topological polar surface area (TPSA) is 106 Å². The van der Waals surface area contributed by atoms with Gasteiger partial charge in [0.1, 0.15) is 11.3 Å². The van der Waals surface area contributed by atoms with E-state index in [1.807, 2.05) is 11.6 Å². The lowest BCUT2D eigenvalue weighted by Crippen LogP contribution is -2.55. The third-order valence-corrected chi connectivity index (χ3v) is 7.63. The summed E-state index contributed by atoms with van der Waals surface area (Å²) in [7, 11) is -3.24. The van der Waals surface area contributed by atoms with Gasteiger partial charge in [0, 0.05) is 19.0 Å². The van der Waals surface area contributed by atoms with Gasteiger partial charge in [0.25, 0.3) is 0 Å². The number of sulfonamides is 1. The molecule has 1 saturated carbocycles. The van der Waals surface area contributed by atoms with E-state index in [4.69, 9.17) is 4.74 Å². The first kappa shape index (κ1) is 18.8. The zero-order valence-corrected chi connectivity index (χ0v) is 16.5. The van der Waals surface area contributed by atoms with Gasteiger partial charge < -0.3 is 10.1 Å². The number of carbonyl (C=O) groups excluding carboxylic acids is 1. The molecule has 1 atom stereocenters. The molecular weight excluding hydrogens is 370 g/mol. The maximum absolute atomic E-state index is 12.5. The summed E-state index contributed by atoms with van der Waals surface area (Å²) in [6.45, 7) is 3.98. The molecule has 2 fully saturated rings. The lowest BCUT2D eigenvalue weighted by atomic mass is 9.92. The van der Waals surface area contributed by atoms with Crippen molar-refractivity contribution in [1.29, 1.82) is 0 Å². The third-order valence-electron chi connectivity index (χ3n) is 5.61. The molecule has 27 heavy (non-hydrogen) atoms. The predicted octanol–water partition coefficient (Wildman–Crippen LogP) is 0.409. The number of hydrogen-bond donors (Lipinski definition) is 1. The number of piperidine rings is 1. The van der Waals surface area contributed by atoms with Gasteiger partial charge in [0.05, 0.1) is 31.1 Å². The molecule has 3 heterocycles. The number of hydrogen-bond acceptors (Lipinski definition) is 6. The van der Waals surface area contributed by atoms with Crippen LogP contribution < -0.4 is 5.32 Å². The molecule has 3 aliphatic rings. The number of ether oxygens (including phenoxy) is 1. The third kappa shape index (κ3) is 3.88. The molecule has 1 saturated heterocycles. The minimum absolute atomic E-state index is 0.0778. The SMILES string of the molecule is CCCS(=O)(=O)N1CCCC2(C1)Cn1nnc(CNC(=O)C3CC3)c1CO2.